The summed E-state index contributed by atoms with van der Waals surface area (Å²) in [6, 6.07) is 7.88. The van der Waals surface area contributed by atoms with Crippen LogP contribution < -0.4 is 5.43 Å². The second-order valence-corrected chi connectivity index (χ2v) is 5.82. The monoisotopic (exact) mass is 341 g/mol. The fourth-order valence-electron chi connectivity index (χ4n) is 3.32. The van der Waals surface area contributed by atoms with E-state index < -0.39 is 23.0 Å². The van der Waals surface area contributed by atoms with Crippen LogP contribution in [0.2, 0.25) is 0 Å². The standard InChI is InChI=1S/C19H13F2NO3/c1-2-25-19(24)13-9-22-8-10-5-3-4-6-11(10)15-16(21)14(20)7-12(17(15)22)18(13)23/h3-7,9H,2,8H2,1H3. The van der Waals surface area contributed by atoms with Crippen LogP contribution in [0.25, 0.3) is 22.0 Å². The lowest BCUT2D eigenvalue weighted by atomic mass is 9.92. The highest BCUT2D eigenvalue weighted by molar-refractivity contribution is 6.00. The van der Waals surface area contributed by atoms with Crippen molar-refractivity contribution in [1.82, 2.24) is 4.57 Å². The predicted molar refractivity (Wildman–Crippen MR) is 88.6 cm³/mol. The maximum absolute atomic E-state index is 14.6. The molecule has 0 bridgehead atoms. The number of carbonyl (C=O) groups is 1. The zero-order valence-corrected chi connectivity index (χ0v) is 13.3. The molecule has 1 aliphatic rings. The molecule has 0 amide bonds. The van der Waals surface area contributed by atoms with E-state index in [4.69, 9.17) is 4.74 Å². The maximum Gasteiger partial charge on any atom is 0.343 e. The smallest absolute Gasteiger partial charge is 0.343 e. The minimum absolute atomic E-state index is 0.0334. The average molecular weight is 341 g/mol. The van der Waals surface area contributed by atoms with Crippen LogP contribution in [0, 0.1) is 11.6 Å². The third-order valence-corrected chi connectivity index (χ3v) is 4.38. The van der Waals surface area contributed by atoms with E-state index in [1.54, 1.807) is 35.8 Å². The number of carbonyl (C=O) groups excluding carboxylic acids is 1. The zero-order chi connectivity index (χ0) is 17.7. The summed E-state index contributed by atoms with van der Waals surface area (Å²) in [5, 5.41) is -0.0334. The van der Waals surface area contributed by atoms with E-state index in [0.717, 1.165) is 11.6 Å². The number of hydrogen-bond acceptors (Lipinski definition) is 3. The van der Waals surface area contributed by atoms with Crippen LogP contribution in [-0.2, 0) is 11.3 Å². The number of benzene rings is 2. The van der Waals surface area contributed by atoms with Crippen LogP contribution in [0.4, 0.5) is 8.78 Å². The summed E-state index contributed by atoms with van der Waals surface area (Å²) in [5.74, 6) is -2.90. The number of hydrogen-bond donors (Lipinski definition) is 0. The van der Waals surface area contributed by atoms with Gasteiger partial charge in [-0.2, -0.15) is 0 Å². The molecule has 2 aromatic carbocycles. The van der Waals surface area contributed by atoms with Crippen molar-refractivity contribution in [3.8, 4) is 11.1 Å². The van der Waals surface area contributed by atoms with Crippen LogP contribution in [0.5, 0.6) is 0 Å². The minimum Gasteiger partial charge on any atom is -0.462 e. The van der Waals surface area contributed by atoms with E-state index in [-0.39, 0.29) is 28.6 Å². The second-order valence-electron chi connectivity index (χ2n) is 5.82. The Morgan fingerprint density at radius 2 is 2.04 bits per heavy atom. The molecule has 0 spiro atoms. The second kappa shape index (κ2) is 5.51. The summed E-state index contributed by atoms with van der Waals surface area (Å²) < 4.78 is 35.2. The number of fused-ring (bicyclic) bond motifs is 2. The first-order valence-corrected chi connectivity index (χ1v) is 7.83. The average Bonchev–Trinajstić information content (AvgIpc) is 2.60. The number of pyridine rings is 1. The molecule has 0 aliphatic carbocycles. The molecular weight excluding hydrogens is 328 g/mol. The van der Waals surface area contributed by atoms with E-state index in [9.17, 15) is 18.4 Å². The molecule has 0 saturated carbocycles. The Labute approximate surface area is 141 Å². The van der Waals surface area contributed by atoms with Crippen molar-refractivity contribution in [2.75, 3.05) is 6.61 Å². The van der Waals surface area contributed by atoms with Crippen molar-refractivity contribution < 1.29 is 18.3 Å². The highest BCUT2D eigenvalue weighted by Gasteiger charge is 2.27. The fourth-order valence-corrected chi connectivity index (χ4v) is 3.32. The van der Waals surface area contributed by atoms with Gasteiger partial charge in [0, 0.05) is 18.3 Å². The van der Waals surface area contributed by atoms with Gasteiger partial charge in [0.25, 0.3) is 0 Å². The van der Waals surface area contributed by atoms with Gasteiger partial charge in [0.1, 0.15) is 5.56 Å². The van der Waals surface area contributed by atoms with E-state index >= 15 is 0 Å². The van der Waals surface area contributed by atoms with Gasteiger partial charge in [0.15, 0.2) is 11.6 Å². The third kappa shape index (κ3) is 2.17. The van der Waals surface area contributed by atoms with Gasteiger partial charge in [-0.25, -0.2) is 13.6 Å². The molecule has 0 radical (unpaired) electrons. The van der Waals surface area contributed by atoms with Crippen LogP contribution in [0.15, 0.2) is 41.3 Å². The zero-order valence-electron chi connectivity index (χ0n) is 13.3. The summed E-state index contributed by atoms with van der Waals surface area (Å²) in [6.07, 6.45) is 1.36. The number of halogens is 2. The molecule has 0 N–H and O–H groups in total. The van der Waals surface area contributed by atoms with Crippen LogP contribution in [0.3, 0.4) is 0 Å². The van der Waals surface area contributed by atoms with Crippen molar-refractivity contribution in [2.45, 2.75) is 13.5 Å². The molecule has 2 heterocycles. The Kier molecular flexibility index (Phi) is 3.42. The molecule has 1 aliphatic heterocycles. The Bertz CT molecular complexity index is 1100. The Hall–Kier alpha value is -3.02. The molecule has 6 heteroatoms. The summed E-state index contributed by atoms with van der Waals surface area (Å²) in [5.41, 5.74) is 0.807. The van der Waals surface area contributed by atoms with E-state index in [1.807, 2.05) is 0 Å². The Morgan fingerprint density at radius 3 is 2.80 bits per heavy atom. The van der Waals surface area contributed by atoms with Crippen molar-refractivity contribution in [3.05, 3.63) is 69.5 Å². The third-order valence-electron chi connectivity index (χ3n) is 4.38. The van der Waals surface area contributed by atoms with Gasteiger partial charge in [0.05, 0.1) is 17.5 Å². The molecule has 0 fully saturated rings. The number of rotatable bonds is 2. The summed E-state index contributed by atoms with van der Waals surface area (Å²) >= 11 is 0. The summed E-state index contributed by atoms with van der Waals surface area (Å²) in [4.78, 5) is 24.7. The molecule has 25 heavy (non-hydrogen) atoms. The lowest BCUT2D eigenvalue weighted by molar-refractivity contribution is 0.0524. The Morgan fingerprint density at radius 1 is 1.28 bits per heavy atom. The molecule has 1 aromatic heterocycles. The number of nitrogens with zero attached hydrogens (tertiary/aromatic N) is 1. The Balaban J connectivity index is 2.15. The molecule has 126 valence electrons. The summed E-state index contributed by atoms with van der Waals surface area (Å²) in [6.45, 7) is 2.09. The normalized spacial score (nSPS) is 12.1. The minimum atomic E-state index is -1.12. The number of esters is 1. The van der Waals surface area contributed by atoms with Crippen molar-refractivity contribution in [2.24, 2.45) is 0 Å². The molecule has 0 atom stereocenters. The van der Waals surface area contributed by atoms with E-state index in [1.165, 1.54) is 6.20 Å². The van der Waals surface area contributed by atoms with Gasteiger partial charge in [-0.15, -0.1) is 0 Å². The topological polar surface area (TPSA) is 48.3 Å². The lowest BCUT2D eigenvalue weighted by Crippen LogP contribution is -2.23. The number of aromatic nitrogens is 1. The maximum atomic E-state index is 14.6. The first kappa shape index (κ1) is 15.5. The van der Waals surface area contributed by atoms with Crippen molar-refractivity contribution in [3.63, 3.8) is 0 Å². The molecule has 0 unspecified atom stereocenters. The van der Waals surface area contributed by atoms with Crippen LogP contribution >= 0.6 is 0 Å². The quantitative estimate of drug-likeness (QED) is 0.525. The summed E-state index contributed by atoms with van der Waals surface area (Å²) in [7, 11) is 0. The van der Waals surface area contributed by atoms with Gasteiger partial charge in [-0.05, 0) is 24.1 Å². The van der Waals surface area contributed by atoms with Crippen molar-refractivity contribution in [1.29, 1.82) is 0 Å². The van der Waals surface area contributed by atoms with Gasteiger partial charge < -0.3 is 9.30 Å². The van der Waals surface area contributed by atoms with E-state index in [0.29, 0.717) is 12.1 Å². The highest BCUT2D eigenvalue weighted by Crippen LogP contribution is 2.38. The predicted octanol–water partition coefficient (Wildman–Crippen LogP) is 3.49. The number of ether oxygens (including phenoxy) is 1. The fraction of sp³-hybridized carbons (Fsp3) is 0.158. The van der Waals surface area contributed by atoms with Gasteiger partial charge in [-0.1, -0.05) is 24.3 Å². The lowest BCUT2D eigenvalue weighted by Gasteiger charge is -2.24. The first-order chi connectivity index (χ1) is 12.0. The first-order valence-electron chi connectivity index (χ1n) is 7.83. The highest BCUT2D eigenvalue weighted by atomic mass is 19.2. The SMILES string of the molecule is CCOC(=O)c1cn2c3c(c(F)c(F)cc3c1=O)-c1ccccc1C2. The van der Waals surface area contributed by atoms with E-state index in [2.05, 4.69) is 0 Å². The van der Waals surface area contributed by atoms with Crippen LogP contribution in [0.1, 0.15) is 22.8 Å². The molecule has 0 saturated heterocycles. The molecule has 3 aromatic rings. The largest absolute Gasteiger partial charge is 0.462 e. The van der Waals surface area contributed by atoms with Gasteiger partial charge in [-0.3, -0.25) is 4.79 Å². The molecule has 4 rings (SSSR count). The molecular formula is C19H13F2NO3. The van der Waals surface area contributed by atoms with Crippen molar-refractivity contribution >= 4 is 16.9 Å². The van der Waals surface area contributed by atoms with Gasteiger partial charge >= 0.3 is 5.97 Å². The van der Waals surface area contributed by atoms with Gasteiger partial charge in [0.2, 0.25) is 5.43 Å². The molecule has 4 nitrogen and oxygen atoms in total. The van der Waals surface area contributed by atoms with Crippen LogP contribution in [-0.4, -0.2) is 17.1 Å².